The highest BCUT2D eigenvalue weighted by Gasteiger charge is 2.20. The third kappa shape index (κ3) is 3.72. The van der Waals surface area contributed by atoms with Gasteiger partial charge in [-0.2, -0.15) is 5.26 Å². The van der Waals surface area contributed by atoms with Gasteiger partial charge in [0.05, 0.1) is 16.9 Å². The van der Waals surface area contributed by atoms with Crippen molar-refractivity contribution in [2.45, 2.75) is 26.4 Å². The maximum Gasteiger partial charge on any atom is 0.103 e. The van der Waals surface area contributed by atoms with E-state index in [2.05, 4.69) is 22.0 Å². The minimum atomic E-state index is -0.787. The number of rotatable bonds is 4. The fourth-order valence-corrected chi connectivity index (χ4v) is 2.17. The summed E-state index contributed by atoms with van der Waals surface area (Å²) < 4.78 is 0.784. The summed E-state index contributed by atoms with van der Waals surface area (Å²) in [6.07, 6.45) is 0. The molecule has 0 heterocycles. The first-order valence-corrected chi connectivity index (χ1v) is 6.34. The summed E-state index contributed by atoms with van der Waals surface area (Å²) in [6, 6.07) is 7.84. The van der Waals surface area contributed by atoms with E-state index in [0.29, 0.717) is 12.1 Å². The van der Waals surface area contributed by atoms with Gasteiger partial charge in [0.1, 0.15) is 6.07 Å². The number of aliphatic hydroxyl groups is 1. The lowest BCUT2D eigenvalue weighted by atomic mass is 10.1. The van der Waals surface area contributed by atoms with Crippen LogP contribution in [-0.4, -0.2) is 23.8 Å². The molecule has 92 valence electrons. The standard InChI is InChI=1S/C13H17BrN2O/c1-4-16(9-13(2,3)17)12-7-5-6-11(14)10(12)8-15/h5-7,17H,4,9H2,1-3H3. The molecule has 0 aliphatic heterocycles. The van der Waals surface area contributed by atoms with Crippen LogP contribution in [0.2, 0.25) is 0 Å². The maximum absolute atomic E-state index is 9.88. The molecule has 1 aromatic rings. The van der Waals surface area contributed by atoms with Gasteiger partial charge in [-0.05, 0) is 48.8 Å². The third-order valence-electron chi connectivity index (χ3n) is 2.40. The molecule has 0 bridgehead atoms. The van der Waals surface area contributed by atoms with Crippen molar-refractivity contribution in [1.82, 2.24) is 0 Å². The average molecular weight is 297 g/mol. The van der Waals surface area contributed by atoms with Crippen molar-refractivity contribution in [3.05, 3.63) is 28.2 Å². The average Bonchev–Trinajstić information content (AvgIpc) is 2.24. The van der Waals surface area contributed by atoms with Gasteiger partial charge in [-0.1, -0.05) is 6.07 Å². The van der Waals surface area contributed by atoms with E-state index in [4.69, 9.17) is 0 Å². The molecule has 17 heavy (non-hydrogen) atoms. The summed E-state index contributed by atoms with van der Waals surface area (Å²) in [5, 5.41) is 19.0. The lowest BCUT2D eigenvalue weighted by Crippen LogP contribution is -2.39. The van der Waals surface area contributed by atoms with Gasteiger partial charge in [-0.3, -0.25) is 0 Å². The molecule has 0 unspecified atom stereocenters. The molecule has 0 fully saturated rings. The zero-order valence-electron chi connectivity index (χ0n) is 10.4. The molecule has 0 radical (unpaired) electrons. The van der Waals surface area contributed by atoms with Crippen LogP contribution in [0.1, 0.15) is 26.3 Å². The lowest BCUT2D eigenvalue weighted by molar-refractivity contribution is 0.0876. The van der Waals surface area contributed by atoms with E-state index in [1.54, 1.807) is 13.8 Å². The van der Waals surface area contributed by atoms with Crippen LogP contribution in [0.4, 0.5) is 5.69 Å². The highest BCUT2D eigenvalue weighted by molar-refractivity contribution is 9.10. The van der Waals surface area contributed by atoms with Crippen LogP contribution in [0.25, 0.3) is 0 Å². The summed E-state index contributed by atoms with van der Waals surface area (Å²) in [4.78, 5) is 2.00. The van der Waals surface area contributed by atoms with Gasteiger partial charge in [0.15, 0.2) is 0 Å². The van der Waals surface area contributed by atoms with Crippen LogP contribution >= 0.6 is 15.9 Å². The van der Waals surface area contributed by atoms with Crippen molar-refractivity contribution in [3.63, 3.8) is 0 Å². The second kappa shape index (κ2) is 5.52. The molecule has 1 N–H and O–H groups in total. The summed E-state index contributed by atoms with van der Waals surface area (Å²) in [6.45, 7) is 6.77. The molecular weight excluding hydrogens is 280 g/mol. The van der Waals surface area contributed by atoms with Crippen LogP contribution in [-0.2, 0) is 0 Å². The van der Waals surface area contributed by atoms with Crippen molar-refractivity contribution in [3.8, 4) is 6.07 Å². The van der Waals surface area contributed by atoms with Gasteiger partial charge >= 0.3 is 0 Å². The SMILES string of the molecule is CCN(CC(C)(C)O)c1cccc(Br)c1C#N. The van der Waals surface area contributed by atoms with Crippen LogP contribution in [0.3, 0.4) is 0 Å². The number of halogens is 1. The predicted molar refractivity (Wildman–Crippen MR) is 73.0 cm³/mol. The fraction of sp³-hybridized carbons (Fsp3) is 0.462. The smallest absolute Gasteiger partial charge is 0.103 e. The number of nitriles is 1. The Morgan fingerprint density at radius 3 is 2.59 bits per heavy atom. The quantitative estimate of drug-likeness (QED) is 0.929. The molecule has 0 aromatic heterocycles. The molecule has 0 spiro atoms. The Balaban J connectivity index is 3.13. The molecule has 0 aliphatic carbocycles. The monoisotopic (exact) mass is 296 g/mol. The maximum atomic E-state index is 9.88. The molecule has 1 aromatic carbocycles. The summed E-state index contributed by atoms with van der Waals surface area (Å²) in [5.74, 6) is 0. The summed E-state index contributed by atoms with van der Waals surface area (Å²) in [5.41, 5.74) is 0.676. The number of nitrogens with zero attached hydrogens (tertiary/aromatic N) is 2. The first-order valence-electron chi connectivity index (χ1n) is 5.55. The fourth-order valence-electron chi connectivity index (χ4n) is 1.72. The van der Waals surface area contributed by atoms with E-state index in [1.807, 2.05) is 30.0 Å². The van der Waals surface area contributed by atoms with Crippen molar-refractivity contribution in [2.75, 3.05) is 18.0 Å². The van der Waals surface area contributed by atoms with Crippen molar-refractivity contribution < 1.29 is 5.11 Å². The Hall–Kier alpha value is -1.05. The van der Waals surface area contributed by atoms with Gasteiger partial charge in [0.25, 0.3) is 0 Å². The number of hydrogen-bond donors (Lipinski definition) is 1. The zero-order chi connectivity index (χ0) is 13.1. The van der Waals surface area contributed by atoms with Gasteiger partial charge in [0.2, 0.25) is 0 Å². The van der Waals surface area contributed by atoms with Gasteiger partial charge in [0, 0.05) is 17.6 Å². The molecule has 1 rings (SSSR count). The highest BCUT2D eigenvalue weighted by Crippen LogP contribution is 2.27. The lowest BCUT2D eigenvalue weighted by Gasteiger charge is -2.30. The van der Waals surface area contributed by atoms with E-state index < -0.39 is 5.60 Å². The minimum Gasteiger partial charge on any atom is -0.389 e. The first kappa shape index (κ1) is 14.0. The van der Waals surface area contributed by atoms with Crippen LogP contribution < -0.4 is 4.90 Å². The second-order valence-corrected chi connectivity index (χ2v) is 5.43. The Morgan fingerprint density at radius 1 is 1.47 bits per heavy atom. The normalized spacial score (nSPS) is 11.1. The molecule has 0 atom stereocenters. The van der Waals surface area contributed by atoms with Crippen molar-refractivity contribution in [2.24, 2.45) is 0 Å². The third-order valence-corrected chi connectivity index (χ3v) is 3.06. The number of likely N-dealkylation sites (N-methyl/N-ethyl adjacent to an activating group) is 1. The van der Waals surface area contributed by atoms with Crippen molar-refractivity contribution in [1.29, 1.82) is 5.26 Å². The topological polar surface area (TPSA) is 47.3 Å². The van der Waals surface area contributed by atoms with Crippen LogP contribution in [0, 0.1) is 11.3 Å². The first-order chi connectivity index (χ1) is 7.89. The molecule has 0 saturated carbocycles. The van der Waals surface area contributed by atoms with E-state index in [0.717, 1.165) is 16.7 Å². The Labute approximate surface area is 111 Å². The Kier molecular flexibility index (Phi) is 4.55. The molecule has 0 saturated heterocycles. The largest absolute Gasteiger partial charge is 0.389 e. The van der Waals surface area contributed by atoms with Gasteiger partial charge in [-0.25, -0.2) is 0 Å². The molecule has 0 amide bonds. The molecule has 3 nitrogen and oxygen atoms in total. The van der Waals surface area contributed by atoms with E-state index in [9.17, 15) is 10.4 Å². The summed E-state index contributed by atoms with van der Waals surface area (Å²) in [7, 11) is 0. The van der Waals surface area contributed by atoms with Crippen LogP contribution in [0.15, 0.2) is 22.7 Å². The minimum absolute atomic E-state index is 0.495. The number of anilines is 1. The zero-order valence-corrected chi connectivity index (χ0v) is 12.0. The van der Waals surface area contributed by atoms with E-state index in [-0.39, 0.29) is 0 Å². The molecular formula is C13H17BrN2O. The predicted octanol–water partition coefficient (Wildman–Crippen LogP) is 2.92. The second-order valence-electron chi connectivity index (χ2n) is 4.57. The number of benzene rings is 1. The van der Waals surface area contributed by atoms with Gasteiger partial charge in [-0.15, -0.1) is 0 Å². The molecule has 4 heteroatoms. The van der Waals surface area contributed by atoms with E-state index >= 15 is 0 Å². The van der Waals surface area contributed by atoms with Crippen molar-refractivity contribution >= 4 is 21.6 Å². The molecule has 0 aliphatic rings. The Morgan fingerprint density at radius 2 is 2.12 bits per heavy atom. The van der Waals surface area contributed by atoms with Gasteiger partial charge < -0.3 is 10.0 Å². The summed E-state index contributed by atoms with van der Waals surface area (Å²) >= 11 is 3.37. The Bertz CT molecular complexity index is 432. The highest BCUT2D eigenvalue weighted by atomic mass is 79.9. The van der Waals surface area contributed by atoms with E-state index in [1.165, 1.54) is 0 Å². The number of hydrogen-bond acceptors (Lipinski definition) is 3. The van der Waals surface area contributed by atoms with Crippen LogP contribution in [0.5, 0.6) is 0 Å².